The molecule has 0 radical (unpaired) electrons. The van der Waals surface area contributed by atoms with Gasteiger partial charge in [0.1, 0.15) is 5.82 Å². The minimum absolute atomic E-state index is 0.161. The highest BCUT2D eigenvalue weighted by atomic mass is 19.1. The molecule has 2 aromatic rings. The van der Waals surface area contributed by atoms with Crippen molar-refractivity contribution in [2.24, 2.45) is 5.73 Å². The van der Waals surface area contributed by atoms with Gasteiger partial charge in [-0.25, -0.2) is 4.39 Å². The molecule has 0 heterocycles. The van der Waals surface area contributed by atoms with Crippen LogP contribution in [-0.2, 0) is 5.54 Å². The zero-order chi connectivity index (χ0) is 11.9. The Kier molecular flexibility index (Phi) is 2.40. The third-order valence-corrected chi connectivity index (χ3v) is 3.90. The van der Waals surface area contributed by atoms with Crippen molar-refractivity contribution in [1.29, 1.82) is 0 Å². The van der Waals surface area contributed by atoms with E-state index in [1.165, 1.54) is 18.9 Å². The lowest BCUT2D eigenvalue weighted by Gasteiger charge is -2.26. The smallest absolute Gasteiger partial charge is 0.131 e. The van der Waals surface area contributed by atoms with E-state index in [1.807, 2.05) is 24.3 Å². The maximum atomic E-state index is 13.7. The molecule has 1 saturated carbocycles. The summed E-state index contributed by atoms with van der Waals surface area (Å²) in [5, 5.41) is 1.65. The number of benzene rings is 2. The molecule has 2 aromatic carbocycles. The van der Waals surface area contributed by atoms with E-state index < -0.39 is 0 Å². The highest BCUT2D eigenvalue weighted by Gasteiger charge is 2.32. The van der Waals surface area contributed by atoms with Gasteiger partial charge in [0, 0.05) is 10.9 Å². The number of rotatable bonds is 1. The molecule has 1 aliphatic rings. The zero-order valence-corrected chi connectivity index (χ0v) is 9.75. The summed E-state index contributed by atoms with van der Waals surface area (Å²) in [4.78, 5) is 0. The number of halogens is 1. The molecule has 3 rings (SSSR count). The van der Waals surface area contributed by atoms with Crippen LogP contribution in [-0.4, -0.2) is 0 Å². The van der Waals surface area contributed by atoms with Gasteiger partial charge in [-0.3, -0.25) is 0 Å². The molecule has 0 amide bonds. The van der Waals surface area contributed by atoms with Gasteiger partial charge < -0.3 is 5.73 Å². The van der Waals surface area contributed by atoms with E-state index in [0.29, 0.717) is 5.39 Å². The molecule has 1 fully saturated rings. The Balaban J connectivity index is 2.26. The van der Waals surface area contributed by atoms with Gasteiger partial charge in [-0.1, -0.05) is 43.2 Å². The van der Waals surface area contributed by atoms with E-state index >= 15 is 0 Å². The minimum Gasteiger partial charge on any atom is -0.321 e. The highest BCUT2D eigenvalue weighted by molar-refractivity contribution is 5.87. The second-order valence-corrected chi connectivity index (χ2v) is 5.00. The first-order chi connectivity index (χ1) is 8.21. The summed E-state index contributed by atoms with van der Waals surface area (Å²) in [5.41, 5.74) is 7.32. The average Bonchev–Trinajstić information content (AvgIpc) is 2.77. The number of fused-ring (bicyclic) bond motifs is 1. The maximum Gasteiger partial charge on any atom is 0.131 e. The topological polar surface area (TPSA) is 26.0 Å². The monoisotopic (exact) mass is 229 g/mol. The molecule has 0 bridgehead atoms. The number of hydrogen-bond acceptors (Lipinski definition) is 1. The van der Waals surface area contributed by atoms with E-state index in [4.69, 9.17) is 5.73 Å². The van der Waals surface area contributed by atoms with Crippen LogP contribution in [0.5, 0.6) is 0 Å². The average molecular weight is 229 g/mol. The Hall–Kier alpha value is -1.41. The van der Waals surface area contributed by atoms with Crippen LogP contribution in [0.25, 0.3) is 10.8 Å². The quantitative estimate of drug-likeness (QED) is 0.792. The Morgan fingerprint density at radius 3 is 2.35 bits per heavy atom. The van der Waals surface area contributed by atoms with Crippen LogP contribution < -0.4 is 5.73 Å². The summed E-state index contributed by atoms with van der Waals surface area (Å²) < 4.78 is 13.7. The normalized spacial score (nSPS) is 18.7. The van der Waals surface area contributed by atoms with Gasteiger partial charge in [-0.2, -0.15) is 0 Å². The fraction of sp³-hybridized carbons (Fsp3) is 0.333. The number of nitrogens with two attached hydrogens (primary N) is 1. The molecule has 0 saturated heterocycles. The van der Waals surface area contributed by atoms with Crippen molar-refractivity contribution in [2.45, 2.75) is 31.2 Å². The van der Waals surface area contributed by atoms with Crippen molar-refractivity contribution in [3.63, 3.8) is 0 Å². The molecule has 1 aliphatic carbocycles. The van der Waals surface area contributed by atoms with Gasteiger partial charge in [0.15, 0.2) is 0 Å². The Labute approximate surface area is 100 Å². The molecule has 1 nitrogen and oxygen atoms in total. The van der Waals surface area contributed by atoms with Crippen LogP contribution in [0.2, 0.25) is 0 Å². The van der Waals surface area contributed by atoms with Crippen LogP contribution in [0.15, 0.2) is 36.4 Å². The maximum absolute atomic E-state index is 13.7. The fourth-order valence-corrected chi connectivity index (χ4v) is 2.98. The molecule has 17 heavy (non-hydrogen) atoms. The summed E-state index contributed by atoms with van der Waals surface area (Å²) in [6.45, 7) is 0. The minimum atomic E-state index is -0.257. The first-order valence-electron chi connectivity index (χ1n) is 6.17. The van der Waals surface area contributed by atoms with Crippen molar-refractivity contribution < 1.29 is 4.39 Å². The lowest BCUT2D eigenvalue weighted by Crippen LogP contribution is -2.33. The fourth-order valence-electron chi connectivity index (χ4n) is 2.98. The SMILES string of the molecule is NC1(c2cccc3c(F)cccc23)CCCC1. The summed E-state index contributed by atoms with van der Waals surface area (Å²) >= 11 is 0. The van der Waals surface area contributed by atoms with Gasteiger partial charge in [-0.15, -0.1) is 0 Å². The van der Waals surface area contributed by atoms with E-state index in [1.54, 1.807) is 6.07 Å². The van der Waals surface area contributed by atoms with Crippen LogP contribution in [0.4, 0.5) is 4.39 Å². The van der Waals surface area contributed by atoms with Crippen molar-refractivity contribution in [1.82, 2.24) is 0 Å². The van der Waals surface area contributed by atoms with Gasteiger partial charge in [-0.05, 0) is 29.9 Å². The van der Waals surface area contributed by atoms with Crippen molar-refractivity contribution in [3.05, 3.63) is 47.8 Å². The van der Waals surface area contributed by atoms with Crippen LogP contribution in [0.1, 0.15) is 31.2 Å². The summed E-state index contributed by atoms with van der Waals surface area (Å²) in [6.07, 6.45) is 4.34. The summed E-state index contributed by atoms with van der Waals surface area (Å²) in [5.74, 6) is -0.161. The van der Waals surface area contributed by atoms with Crippen molar-refractivity contribution in [3.8, 4) is 0 Å². The largest absolute Gasteiger partial charge is 0.321 e. The van der Waals surface area contributed by atoms with Gasteiger partial charge in [0.25, 0.3) is 0 Å². The number of hydrogen-bond donors (Lipinski definition) is 1. The second-order valence-electron chi connectivity index (χ2n) is 5.00. The molecular weight excluding hydrogens is 213 g/mol. The predicted octanol–water partition coefficient (Wildman–Crippen LogP) is 3.71. The lowest BCUT2D eigenvalue weighted by molar-refractivity contribution is 0.465. The third-order valence-electron chi connectivity index (χ3n) is 3.90. The molecule has 0 spiro atoms. The standard InChI is InChI=1S/C15H16FN/c16-14-8-4-5-11-12(14)6-3-7-13(11)15(17)9-1-2-10-15/h3-8H,1-2,9-10,17H2. The first kappa shape index (κ1) is 10.7. The summed E-state index contributed by atoms with van der Waals surface area (Å²) in [6, 6.07) is 11.0. The van der Waals surface area contributed by atoms with E-state index in [2.05, 4.69) is 0 Å². The highest BCUT2D eigenvalue weighted by Crippen LogP contribution is 2.39. The second kappa shape index (κ2) is 3.81. The predicted molar refractivity (Wildman–Crippen MR) is 68.2 cm³/mol. The Morgan fingerprint density at radius 2 is 1.59 bits per heavy atom. The zero-order valence-electron chi connectivity index (χ0n) is 9.75. The van der Waals surface area contributed by atoms with E-state index in [-0.39, 0.29) is 11.4 Å². The molecule has 2 N–H and O–H groups in total. The van der Waals surface area contributed by atoms with Gasteiger partial charge >= 0.3 is 0 Å². The van der Waals surface area contributed by atoms with Crippen molar-refractivity contribution >= 4 is 10.8 Å². The van der Waals surface area contributed by atoms with Crippen molar-refractivity contribution in [2.75, 3.05) is 0 Å². The first-order valence-corrected chi connectivity index (χ1v) is 6.17. The molecule has 88 valence electrons. The summed E-state index contributed by atoms with van der Waals surface area (Å²) in [7, 11) is 0. The van der Waals surface area contributed by atoms with Crippen LogP contribution in [0.3, 0.4) is 0 Å². The van der Waals surface area contributed by atoms with E-state index in [9.17, 15) is 4.39 Å². The molecule has 0 aliphatic heterocycles. The van der Waals surface area contributed by atoms with E-state index in [0.717, 1.165) is 23.8 Å². The van der Waals surface area contributed by atoms with Crippen LogP contribution >= 0.6 is 0 Å². The van der Waals surface area contributed by atoms with Crippen LogP contribution in [0, 0.1) is 5.82 Å². The molecule has 0 unspecified atom stereocenters. The third kappa shape index (κ3) is 1.64. The molecule has 2 heteroatoms. The Morgan fingerprint density at radius 1 is 0.941 bits per heavy atom. The van der Waals surface area contributed by atoms with Gasteiger partial charge in [0.05, 0.1) is 0 Å². The molecule has 0 aromatic heterocycles. The van der Waals surface area contributed by atoms with Gasteiger partial charge in [0.2, 0.25) is 0 Å². The molecular formula is C15H16FN. The Bertz CT molecular complexity index is 556. The lowest BCUT2D eigenvalue weighted by atomic mass is 9.86. The molecule has 0 atom stereocenters.